The monoisotopic (exact) mass is 217 g/mol. The summed E-state index contributed by atoms with van der Waals surface area (Å²) in [5.41, 5.74) is 8.13. The van der Waals surface area contributed by atoms with Crippen molar-refractivity contribution in [1.82, 2.24) is 0 Å². The molecule has 2 rings (SSSR count). The number of hydrogen-bond acceptors (Lipinski definition) is 1. The maximum absolute atomic E-state index is 6.41. The Kier molecular flexibility index (Phi) is 3.65. The lowest BCUT2D eigenvalue weighted by molar-refractivity contribution is 0.238. The van der Waals surface area contributed by atoms with Crippen molar-refractivity contribution in [1.29, 1.82) is 0 Å². The van der Waals surface area contributed by atoms with Gasteiger partial charge in [0, 0.05) is 11.5 Å². The fourth-order valence-electron chi connectivity index (χ4n) is 3.22. The van der Waals surface area contributed by atoms with Gasteiger partial charge in [-0.05, 0) is 24.8 Å². The molecule has 1 aliphatic rings. The summed E-state index contributed by atoms with van der Waals surface area (Å²) in [5.74, 6) is 0. The van der Waals surface area contributed by atoms with Gasteiger partial charge in [-0.3, -0.25) is 0 Å². The Morgan fingerprint density at radius 1 is 1.12 bits per heavy atom. The highest BCUT2D eigenvalue weighted by Gasteiger charge is 2.38. The minimum Gasteiger partial charge on any atom is -0.327 e. The minimum absolute atomic E-state index is 0.258. The third kappa shape index (κ3) is 2.01. The standard InChI is InChI=1S/C15H23N/c1-2-14(16)15(11-7-4-8-12-15)13-9-5-3-6-10-13/h3,5-6,9-10,14H,2,4,7-8,11-12,16H2,1H3/t14-/m1/s1. The van der Waals surface area contributed by atoms with Gasteiger partial charge in [0.1, 0.15) is 0 Å². The highest BCUT2D eigenvalue weighted by atomic mass is 14.7. The van der Waals surface area contributed by atoms with Gasteiger partial charge in [-0.2, -0.15) is 0 Å². The van der Waals surface area contributed by atoms with E-state index in [9.17, 15) is 0 Å². The van der Waals surface area contributed by atoms with E-state index in [4.69, 9.17) is 5.73 Å². The summed E-state index contributed by atoms with van der Waals surface area (Å²) in [6.07, 6.45) is 7.67. The molecule has 0 aromatic heterocycles. The van der Waals surface area contributed by atoms with Crippen molar-refractivity contribution in [2.75, 3.05) is 0 Å². The second-order valence-electron chi connectivity index (χ2n) is 5.10. The molecule has 0 aliphatic heterocycles. The average molecular weight is 217 g/mol. The maximum atomic E-state index is 6.41. The van der Waals surface area contributed by atoms with Gasteiger partial charge < -0.3 is 5.73 Å². The van der Waals surface area contributed by atoms with Gasteiger partial charge in [-0.1, -0.05) is 56.5 Å². The zero-order chi connectivity index (χ0) is 11.4. The van der Waals surface area contributed by atoms with Gasteiger partial charge in [-0.25, -0.2) is 0 Å². The van der Waals surface area contributed by atoms with E-state index in [0.717, 1.165) is 6.42 Å². The molecule has 88 valence electrons. The van der Waals surface area contributed by atoms with Crippen LogP contribution in [0, 0.1) is 0 Å². The number of nitrogens with two attached hydrogens (primary N) is 1. The first-order valence-electron chi connectivity index (χ1n) is 6.61. The smallest absolute Gasteiger partial charge is 0.0134 e. The molecule has 2 N–H and O–H groups in total. The predicted molar refractivity (Wildman–Crippen MR) is 69.5 cm³/mol. The molecule has 1 fully saturated rings. The Bertz CT molecular complexity index is 311. The van der Waals surface area contributed by atoms with Crippen LogP contribution in [0.2, 0.25) is 0 Å². The molecule has 0 unspecified atom stereocenters. The lowest BCUT2D eigenvalue weighted by Gasteiger charge is -2.42. The van der Waals surface area contributed by atoms with Gasteiger partial charge in [0.25, 0.3) is 0 Å². The molecule has 0 radical (unpaired) electrons. The molecule has 1 aliphatic carbocycles. The van der Waals surface area contributed by atoms with Crippen molar-refractivity contribution in [2.45, 2.75) is 56.9 Å². The Labute approximate surface area is 99.0 Å². The SMILES string of the molecule is CC[C@@H](N)C1(c2ccccc2)CCCCC1. The molecule has 1 heteroatoms. The van der Waals surface area contributed by atoms with Crippen LogP contribution in [-0.4, -0.2) is 6.04 Å². The lowest BCUT2D eigenvalue weighted by Crippen LogP contribution is -2.46. The molecule has 1 nitrogen and oxygen atoms in total. The van der Waals surface area contributed by atoms with E-state index < -0.39 is 0 Å². The van der Waals surface area contributed by atoms with Gasteiger partial charge >= 0.3 is 0 Å². The number of hydrogen-bond donors (Lipinski definition) is 1. The van der Waals surface area contributed by atoms with Crippen LogP contribution in [0.15, 0.2) is 30.3 Å². The van der Waals surface area contributed by atoms with Gasteiger partial charge in [0.05, 0.1) is 0 Å². The van der Waals surface area contributed by atoms with Gasteiger partial charge in [0.15, 0.2) is 0 Å². The predicted octanol–water partition coefficient (Wildman–Crippen LogP) is 3.63. The summed E-state index contributed by atoms with van der Waals surface area (Å²) in [7, 11) is 0. The Morgan fingerprint density at radius 3 is 2.31 bits per heavy atom. The van der Waals surface area contributed by atoms with E-state index in [2.05, 4.69) is 37.3 Å². The summed E-state index contributed by atoms with van der Waals surface area (Å²) in [6, 6.07) is 11.2. The molecule has 0 heterocycles. The van der Waals surface area contributed by atoms with Crippen molar-refractivity contribution in [2.24, 2.45) is 5.73 Å². The van der Waals surface area contributed by atoms with E-state index in [1.165, 1.54) is 37.7 Å². The normalized spacial score (nSPS) is 21.6. The largest absolute Gasteiger partial charge is 0.327 e. The molecule has 1 saturated carbocycles. The van der Waals surface area contributed by atoms with Crippen molar-refractivity contribution in [3.05, 3.63) is 35.9 Å². The quantitative estimate of drug-likeness (QED) is 0.822. The average Bonchev–Trinajstić information content (AvgIpc) is 2.39. The molecule has 0 amide bonds. The van der Waals surface area contributed by atoms with Crippen LogP contribution in [0.5, 0.6) is 0 Å². The van der Waals surface area contributed by atoms with Crippen LogP contribution in [0.1, 0.15) is 51.0 Å². The van der Waals surface area contributed by atoms with Crippen LogP contribution >= 0.6 is 0 Å². The van der Waals surface area contributed by atoms with Crippen LogP contribution in [0.3, 0.4) is 0 Å². The maximum Gasteiger partial charge on any atom is 0.0134 e. The summed E-state index contributed by atoms with van der Waals surface area (Å²) < 4.78 is 0. The third-order valence-corrected chi connectivity index (χ3v) is 4.24. The Balaban J connectivity index is 2.34. The van der Waals surface area contributed by atoms with Gasteiger partial charge in [-0.15, -0.1) is 0 Å². The first-order chi connectivity index (χ1) is 7.79. The Hall–Kier alpha value is -0.820. The second-order valence-corrected chi connectivity index (χ2v) is 5.10. The van der Waals surface area contributed by atoms with Crippen LogP contribution in [0.25, 0.3) is 0 Å². The van der Waals surface area contributed by atoms with E-state index >= 15 is 0 Å². The first kappa shape index (κ1) is 11.7. The molecule has 1 atom stereocenters. The van der Waals surface area contributed by atoms with Crippen LogP contribution in [0.4, 0.5) is 0 Å². The van der Waals surface area contributed by atoms with Gasteiger partial charge in [0.2, 0.25) is 0 Å². The summed E-state index contributed by atoms with van der Waals surface area (Å²) in [4.78, 5) is 0. The summed E-state index contributed by atoms with van der Waals surface area (Å²) in [6.45, 7) is 2.21. The van der Waals surface area contributed by atoms with Crippen molar-refractivity contribution in [3.8, 4) is 0 Å². The Morgan fingerprint density at radius 2 is 1.75 bits per heavy atom. The highest BCUT2D eigenvalue weighted by Crippen LogP contribution is 2.42. The van der Waals surface area contributed by atoms with Crippen LogP contribution in [-0.2, 0) is 5.41 Å². The molecular weight excluding hydrogens is 194 g/mol. The molecule has 0 bridgehead atoms. The molecule has 0 saturated heterocycles. The number of rotatable bonds is 3. The first-order valence-corrected chi connectivity index (χ1v) is 6.61. The molecule has 1 aromatic rings. The summed E-state index contributed by atoms with van der Waals surface area (Å²) >= 11 is 0. The highest BCUT2D eigenvalue weighted by molar-refractivity contribution is 5.28. The fourth-order valence-corrected chi connectivity index (χ4v) is 3.22. The molecule has 0 spiro atoms. The lowest BCUT2D eigenvalue weighted by atomic mass is 9.64. The van der Waals surface area contributed by atoms with Crippen molar-refractivity contribution in [3.63, 3.8) is 0 Å². The third-order valence-electron chi connectivity index (χ3n) is 4.24. The molecular formula is C15H23N. The van der Waals surface area contributed by atoms with Crippen molar-refractivity contribution < 1.29 is 0 Å². The van der Waals surface area contributed by atoms with E-state index in [0.29, 0.717) is 6.04 Å². The van der Waals surface area contributed by atoms with E-state index in [-0.39, 0.29) is 5.41 Å². The van der Waals surface area contributed by atoms with E-state index in [1.54, 1.807) is 0 Å². The molecule has 1 aromatic carbocycles. The number of benzene rings is 1. The van der Waals surface area contributed by atoms with Crippen molar-refractivity contribution >= 4 is 0 Å². The minimum atomic E-state index is 0.258. The van der Waals surface area contributed by atoms with E-state index in [1.807, 2.05) is 0 Å². The zero-order valence-electron chi connectivity index (χ0n) is 10.3. The topological polar surface area (TPSA) is 26.0 Å². The van der Waals surface area contributed by atoms with Crippen LogP contribution < -0.4 is 5.73 Å². The fraction of sp³-hybridized carbons (Fsp3) is 0.600. The second kappa shape index (κ2) is 5.01. The molecule has 16 heavy (non-hydrogen) atoms. The summed E-state index contributed by atoms with van der Waals surface area (Å²) in [5, 5.41) is 0. The zero-order valence-corrected chi connectivity index (χ0v) is 10.3.